The predicted octanol–water partition coefficient (Wildman–Crippen LogP) is 3.60. The lowest BCUT2D eigenvalue weighted by Crippen LogP contribution is -2.46. The Kier molecular flexibility index (Phi) is 5.58. The molecule has 0 saturated carbocycles. The van der Waals surface area contributed by atoms with E-state index in [1.54, 1.807) is 17.5 Å². The highest BCUT2D eigenvalue weighted by atomic mass is 32.2. The lowest BCUT2D eigenvalue weighted by atomic mass is 10.0. The smallest absolute Gasteiger partial charge is 0.243 e. The van der Waals surface area contributed by atoms with Gasteiger partial charge in [0.2, 0.25) is 10.0 Å². The molecule has 1 aliphatic heterocycles. The largest absolute Gasteiger partial charge is 0.357 e. The van der Waals surface area contributed by atoms with Crippen molar-refractivity contribution in [3.8, 4) is 0 Å². The van der Waals surface area contributed by atoms with Crippen molar-refractivity contribution in [3.63, 3.8) is 0 Å². The van der Waals surface area contributed by atoms with Gasteiger partial charge in [0.25, 0.3) is 0 Å². The Balaban J connectivity index is 1.82. The van der Waals surface area contributed by atoms with Crippen molar-refractivity contribution >= 4 is 15.8 Å². The highest BCUT2D eigenvalue weighted by Gasteiger charge is 2.33. The van der Waals surface area contributed by atoms with Crippen molar-refractivity contribution in [2.24, 2.45) is 0 Å². The highest BCUT2D eigenvalue weighted by Crippen LogP contribution is 2.31. The summed E-state index contributed by atoms with van der Waals surface area (Å²) >= 11 is 0. The molecule has 1 aromatic heterocycles. The third kappa shape index (κ3) is 3.73. The Hall–Kier alpha value is -1.92. The molecule has 1 aromatic carbocycles. The van der Waals surface area contributed by atoms with Gasteiger partial charge in [-0.2, -0.15) is 4.31 Å². The number of hydrogen-bond donors (Lipinski definition) is 0. The van der Waals surface area contributed by atoms with Crippen LogP contribution in [0.4, 0.5) is 5.82 Å². The van der Waals surface area contributed by atoms with Gasteiger partial charge in [-0.15, -0.1) is 0 Å². The van der Waals surface area contributed by atoms with Crippen LogP contribution in [0.25, 0.3) is 0 Å². The van der Waals surface area contributed by atoms with Gasteiger partial charge in [-0.3, -0.25) is 0 Å². The van der Waals surface area contributed by atoms with Crippen molar-refractivity contribution in [2.45, 2.75) is 51.5 Å². The van der Waals surface area contributed by atoms with Crippen molar-refractivity contribution in [3.05, 3.63) is 52.7 Å². The first-order valence-corrected chi connectivity index (χ1v) is 10.9. The van der Waals surface area contributed by atoms with Crippen LogP contribution in [0.5, 0.6) is 0 Å². The highest BCUT2D eigenvalue weighted by molar-refractivity contribution is 7.89. The van der Waals surface area contributed by atoms with Gasteiger partial charge in [0.15, 0.2) is 0 Å². The molecule has 0 N–H and O–H groups in total. The van der Waals surface area contributed by atoms with Gasteiger partial charge in [-0.1, -0.05) is 12.1 Å². The number of piperidine rings is 1. The number of sulfonamides is 1. The van der Waals surface area contributed by atoms with Gasteiger partial charge in [-0.25, -0.2) is 13.4 Å². The average molecular weight is 388 g/mol. The van der Waals surface area contributed by atoms with E-state index >= 15 is 0 Å². The molecule has 5 nitrogen and oxygen atoms in total. The fourth-order valence-electron chi connectivity index (χ4n) is 3.91. The standard InChI is InChI=1S/C21H29N3O2S/c1-15-14-16(2)18(4)21(17(15)3)27(25,26)23(5)19-9-12-24(13-10-19)20-8-6-7-11-22-20/h6-8,11,14,19H,9-10,12-13H2,1-5H3. The first-order valence-electron chi connectivity index (χ1n) is 9.45. The summed E-state index contributed by atoms with van der Waals surface area (Å²) in [4.78, 5) is 7.11. The summed E-state index contributed by atoms with van der Waals surface area (Å²) in [6.45, 7) is 9.40. The number of pyridine rings is 1. The summed E-state index contributed by atoms with van der Waals surface area (Å²) in [5.74, 6) is 0.961. The zero-order chi connectivity index (χ0) is 19.8. The van der Waals surface area contributed by atoms with Crippen LogP contribution < -0.4 is 4.90 Å². The normalized spacial score (nSPS) is 16.1. The molecule has 0 atom stereocenters. The molecule has 0 amide bonds. The quantitative estimate of drug-likeness (QED) is 0.804. The van der Waals surface area contributed by atoms with Crippen LogP contribution in [0.15, 0.2) is 35.4 Å². The number of rotatable bonds is 4. The second-order valence-corrected chi connectivity index (χ2v) is 9.45. The van der Waals surface area contributed by atoms with Gasteiger partial charge in [-0.05, 0) is 74.9 Å². The van der Waals surface area contributed by atoms with Crippen molar-refractivity contribution in [2.75, 3.05) is 25.0 Å². The zero-order valence-electron chi connectivity index (χ0n) is 16.9. The molecule has 1 aliphatic rings. The van der Waals surface area contributed by atoms with E-state index in [-0.39, 0.29) is 6.04 Å². The lowest BCUT2D eigenvalue weighted by molar-refractivity contribution is 0.311. The fraction of sp³-hybridized carbons (Fsp3) is 0.476. The minimum atomic E-state index is -3.53. The molecule has 0 radical (unpaired) electrons. The van der Waals surface area contributed by atoms with Crippen LogP contribution in [0.1, 0.15) is 35.1 Å². The first-order chi connectivity index (χ1) is 12.7. The summed E-state index contributed by atoms with van der Waals surface area (Å²) < 4.78 is 28.5. The Labute approximate surface area is 163 Å². The summed E-state index contributed by atoms with van der Waals surface area (Å²) in [5, 5.41) is 0. The Morgan fingerprint density at radius 1 is 1.04 bits per heavy atom. The molecule has 2 aromatic rings. The van der Waals surface area contributed by atoms with Crippen LogP contribution in [0, 0.1) is 27.7 Å². The van der Waals surface area contributed by atoms with Gasteiger partial charge in [0.1, 0.15) is 5.82 Å². The topological polar surface area (TPSA) is 53.5 Å². The third-order valence-electron chi connectivity index (χ3n) is 5.89. The molecule has 1 fully saturated rings. The summed E-state index contributed by atoms with van der Waals surface area (Å²) in [6, 6.07) is 7.97. The molecule has 2 heterocycles. The van der Waals surface area contributed by atoms with Gasteiger partial charge < -0.3 is 4.90 Å². The second kappa shape index (κ2) is 7.60. The maximum atomic E-state index is 13.4. The maximum absolute atomic E-state index is 13.4. The Morgan fingerprint density at radius 3 is 2.15 bits per heavy atom. The summed E-state index contributed by atoms with van der Waals surface area (Å²) in [7, 11) is -1.80. The molecule has 1 saturated heterocycles. The van der Waals surface area contributed by atoms with E-state index in [4.69, 9.17) is 0 Å². The van der Waals surface area contributed by atoms with Crippen molar-refractivity contribution in [1.82, 2.24) is 9.29 Å². The summed E-state index contributed by atoms with van der Waals surface area (Å²) in [6.07, 6.45) is 3.40. The van der Waals surface area contributed by atoms with E-state index in [1.165, 1.54) is 0 Å². The van der Waals surface area contributed by atoms with Crippen LogP contribution in [0.3, 0.4) is 0 Å². The monoisotopic (exact) mass is 387 g/mol. The van der Waals surface area contributed by atoms with Crippen LogP contribution in [-0.4, -0.2) is 43.9 Å². The lowest BCUT2D eigenvalue weighted by Gasteiger charge is -2.37. The van der Waals surface area contributed by atoms with E-state index in [0.717, 1.165) is 54.0 Å². The molecule has 27 heavy (non-hydrogen) atoms. The number of hydrogen-bond acceptors (Lipinski definition) is 4. The van der Waals surface area contributed by atoms with Crippen LogP contribution >= 0.6 is 0 Å². The molecule has 6 heteroatoms. The van der Waals surface area contributed by atoms with E-state index in [9.17, 15) is 8.42 Å². The van der Waals surface area contributed by atoms with Crippen LogP contribution in [0.2, 0.25) is 0 Å². The number of nitrogens with zero attached hydrogens (tertiary/aromatic N) is 3. The van der Waals surface area contributed by atoms with E-state index in [2.05, 4.69) is 16.0 Å². The van der Waals surface area contributed by atoms with Gasteiger partial charge >= 0.3 is 0 Å². The molecule has 0 unspecified atom stereocenters. The number of aromatic nitrogens is 1. The number of aryl methyl sites for hydroxylation is 2. The second-order valence-electron chi connectivity index (χ2n) is 7.52. The van der Waals surface area contributed by atoms with Gasteiger partial charge in [0.05, 0.1) is 4.90 Å². The van der Waals surface area contributed by atoms with Crippen molar-refractivity contribution in [1.29, 1.82) is 0 Å². The molecule has 0 spiro atoms. The third-order valence-corrected chi connectivity index (χ3v) is 8.07. The Bertz CT molecular complexity index is 892. The van der Waals surface area contributed by atoms with E-state index < -0.39 is 10.0 Å². The zero-order valence-corrected chi connectivity index (χ0v) is 17.7. The minimum absolute atomic E-state index is 0.00887. The molecule has 146 valence electrons. The molecular weight excluding hydrogens is 358 g/mol. The number of benzene rings is 1. The molecule has 0 aliphatic carbocycles. The van der Waals surface area contributed by atoms with Gasteiger partial charge in [0, 0.05) is 32.4 Å². The summed E-state index contributed by atoms with van der Waals surface area (Å²) in [5.41, 5.74) is 3.76. The predicted molar refractivity (Wildman–Crippen MR) is 110 cm³/mol. The average Bonchev–Trinajstić information content (AvgIpc) is 2.66. The van der Waals surface area contributed by atoms with Crippen molar-refractivity contribution < 1.29 is 8.42 Å². The van der Waals surface area contributed by atoms with E-state index in [0.29, 0.717) is 4.90 Å². The fourth-order valence-corrected chi connectivity index (χ4v) is 5.89. The number of anilines is 1. The SMILES string of the molecule is Cc1cc(C)c(C)c(S(=O)(=O)N(C)C2CCN(c3ccccn3)CC2)c1C. The Morgan fingerprint density at radius 2 is 1.63 bits per heavy atom. The molecular formula is C21H29N3O2S. The van der Waals surface area contributed by atoms with Crippen LogP contribution in [-0.2, 0) is 10.0 Å². The van der Waals surface area contributed by atoms with E-state index in [1.807, 2.05) is 45.9 Å². The maximum Gasteiger partial charge on any atom is 0.243 e. The molecule has 0 bridgehead atoms. The molecule has 3 rings (SSSR count). The first kappa shape index (κ1) is 19.8. The minimum Gasteiger partial charge on any atom is -0.357 e.